The Morgan fingerprint density at radius 1 is 1.30 bits per heavy atom. The average molecular weight is 347 g/mol. The maximum absolute atomic E-state index is 5.96. The Bertz CT molecular complexity index is 810. The molecule has 0 spiro atoms. The second-order valence-electron chi connectivity index (χ2n) is 4.84. The van der Waals surface area contributed by atoms with Crippen molar-refractivity contribution in [1.29, 1.82) is 0 Å². The van der Waals surface area contributed by atoms with E-state index in [9.17, 15) is 0 Å². The number of thioether (sulfide) groups is 1. The van der Waals surface area contributed by atoms with Crippen molar-refractivity contribution >= 4 is 23.4 Å². The van der Waals surface area contributed by atoms with Crippen LogP contribution >= 0.6 is 23.4 Å². The molecular weight excluding hydrogens is 332 g/mol. The van der Waals surface area contributed by atoms with E-state index in [-0.39, 0.29) is 0 Å². The van der Waals surface area contributed by atoms with E-state index >= 15 is 0 Å². The summed E-state index contributed by atoms with van der Waals surface area (Å²) in [5.41, 5.74) is 2.08. The molecule has 0 radical (unpaired) electrons. The largest absolute Gasteiger partial charge is 0.425 e. The van der Waals surface area contributed by atoms with Crippen molar-refractivity contribution < 1.29 is 4.42 Å². The van der Waals surface area contributed by atoms with Gasteiger partial charge in [-0.1, -0.05) is 41.6 Å². The van der Waals surface area contributed by atoms with Crippen molar-refractivity contribution in [1.82, 2.24) is 19.7 Å². The minimum absolute atomic E-state index is 0.567. The zero-order valence-electron chi connectivity index (χ0n) is 12.6. The summed E-state index contributed by atoms with van der Waals surface area (Å²) in [6, 6.07) is 7.70. The molecule has 0 aliphatic carbocycles. The van der Waals surface area contributed by atoms with Gasteiger partial charge in [0.2, 0.25) is 11.8 Å². The summed E-state index contributed by atoms with van der Waals surface area (Å²) in [7, 11) is 0. The Morgan fingerprint density at radius 3 is 2.74 bits per heavy atom. The fourth-order valence-corrected chi connectivity index (χ4v) is 3.10. The summed E-state index contributed by atoms with van der Waals surface area (Å²) in [6.07, 6.45) is 3.70. The molecule has 0 atom stereocenters. The summed E-state index contributed by atoms with van der Waals surface area (Å²) in [5, 5.41) is 9.43. The van der Waals surface area contributed by atoms with Crippen molar-refractivity contribution in [2.45, 2.75) is 24.4 Å². The normalized spacial score (nSPS) is 10.9. The van der Waals surface area contributed by atoms with Gasteiger partial charge in [0.05, 0.1) is 17.6 Å². The smallest absolute Gasteiger partial charge is 0.226 e. The number of halogens is 1. The molecule has 3 rings (SSSR count). The number of hydrogen-bond donors (Lipinski definition) is 0. The van der Waals surface area contributed by atoms with E-state index in [1.165, 1.54) is 0 Å². The summed E-state index contributed by atoms with van der Waals surface area (Å²) < 4.78 is 7.50. The van der Waals surface area contributed by atoms with Gasteiger partial charge in [-0.25, -0.2) is 4.98 Å². The molecule has 0 unspecified atom stereocenters. The lowest BCUT2D eigenvalue weighted by molar-refractivity contribution is 0.485. The minimum Gasteiger partial charge on any atom is -0.425 e. The highest BCUT2D eigenvalue weighted by Crippen LogP contribution is 2.28. The van der Waals surface area contributed by atoms with E-state index in [1.807, 2.05) is 36.5 Å². The monoisotopic (exact) mass is 346 g/mol. The third-order valence-corrected chi connectivity index (χ3v) is 4.39. The second kappa shape index (κ2) is 7.02. The van der Waals surface area contributed by atoms with Crippen LogP contribution < -0.4 is 0 Å². The maximum atomic E-state index is 5.96. The molecule has 23 heavy (non-hydrogen) atoms. The zero-order valence-corrected chi connectivity index (χ0v) is 14.1. The van der Waals surface area contributed by atoms with Crippen molar-refractivity contribution in [3.05, 3.63) is 59.9 Å². The van der Waals surface area contributed by atoms with Crippen LogP contribution in [0.4, 0.5) is 0 Å². The molecule has 0 aliphatic rings. The number of rotatable bonds is 6. The summed E-state index contributed by atoms with van der Waals surface area (Å²) >= 11 is 7.51. The highest BCUT2D eigenvalue weighted by Gasteiger charge is 2.13. The molecule has 1 aromatic carbocycles. The molecule has 0 fully saturated rings. The summed E-state index contributed by atoms with van der Waals surface area (Å²) in [4.78, 5) is 4.51. The fourth-order valence-electron chi connectivity index (χ4n) is 2.15. The number of benzene rings is 1. The van der Waals surface area contributed by atoms with Crippen LogP contribution in [0.5, 0.6) is 0 Å². The maximum Gasteiger partial charge on any atom is 0.226 e. The lowest BCUT2D eigenvalue weighted by Gasteiger charge is -2.09. The van der Waals surface area contributed by atoms with Crippen LogP contribution in [-0.2, 0) is 12.3 Å². The van der Waals surface area contributed by atoms with Gasteiger partial charge in [-0.3, -0.25) is 0 Å². The van der Waals surface area contributed by atoms with Gasteiger partial charge in [0.1, 0.15) is 0 Å². The SMILES string of the molecule is C=CCn1c(-c2ccc(Cl)cc2)cnc1SCc1nnc(C)o1. The Balaban J connectivity index is 1.85. The van der Waals surface area contributed by atoms with E-state index < -0.39 is 0 Å². The van der Waals surface area contributed by atoms with Crippen molar-refractivity contribution in [2.24, 2.45) is 0 Å². The van der Waals surface area contributed by atoms with E-state index in [0.717, 1.165) is 16.4 Å². The molecule has 0 saturated carbocycles. The number of aryl methyl sites for hydroxylation is 1. The Morgan fingerprint density at radius 2 is 2.09 bits per heavy atom. The van der Waals surface area contributed by atoms with Gasteiger partial charge in [0.15, 0.2) is 5.16 Å². The first-order valence-electron chi connectivity index (χ1n) is 7.01. The molecule has 3 aromatic rings. The van der Waals surface area contributed by atoms with Gasteiger partial charge in [0.25, 0.3) is 0 Å². The van der Waals surface area contributed by atoms with Crippen LogP contribution in [0.2, 0.25) is 5.02 Å². The van der Waals surface area contributed by atoms with Crippen LogP contribution in [0.3, 0.4) is 0 Å². The van der Waals surface area contributed by atoms with Gasteiger partial charge >= 0.3 is 0 Å². The third-order valence-electron chi connectivity index (χ3n) is 3.16. The first kappa shape index (κ1) is 15.8. The molecule has 2 aromatic heterocycles. The van der Waals surface area contributed by atoms with Crippen LogP contribution in [-0.4, -0.2) is 19.7 Å². The van der Waals surface area contributed by atoms with Crippen molar-refractivity contribution in [2.75, 3.05) is 0 Å². The van der Waals surface area contributed by atoms with E-state index in [1.54, 1.807) is 18.7 Å². The van der Waals surface area contributed by atoms with Gasteiger partial charge in [-0.15, -0.1) is 16.8 Å². The number of nitrogens with zero attached hydrogens (tertiary/aromatic N) is 4. The number of aromatic nitrogens is 4. The lowest BCUT2D eigenvalue weighted by atomic mass is 10.2. The zero-order chi connectivity index (χ0) is 16.2. The van der Waals surface area contributed by atoms with Crippen molar-refractivity contribution in [3.63, 3.8) is 0 Å². The lowest BCUT2D eigenvalue weighted by Crippen LogP contribution is -2.00. The summed E-state index contributed by atoms with van der Waals surface area (Å²) in [5.74, 6) is 1.74. The van der Waals surface area contributed by atoms with Crippen LogP contribution in [0, 0.1) is 6.92 Å². The molecule has 0 amide bonds. The van der Waals surface area contributed by atoms with Gasteiger partial charge in [0, 0.05) is 18.5 Å². The highest BCUT2D eigenvalue weighted by atomic mass is 35.5. The molecule has 0 bridgehead atoms. The van der Waals surface area contributed by atoms with Crippen LogP contribution in [0.15, 0.2) is 52.7 Å². The summed E-state index contributed by atoms with van der Waals surface area (Å²) in [6.45, 7) is 6.27. The van der Waals surface area contributed by atoms with E-state index in [4.69, 9.17) is 16.0 Å². The molecule has 0 saturated heterocycles. The van der Waals surface area contributed by atoms with Crippen LogP contribution in [0.25, 0.3) is 11.3 Å². The van der Waals surface area contributed by atoms with Crippen molar-refractivity contribution in [3.8, 4) is 11.3 Å². The highest BCUT2D eigenvalue weighted by molar-refractivity contribution is 7.98. The average Bonchev–Trinajstić information content (AvgIpc) is 3.13. The third kappa shape index (κ3) is 3.65. The molecule has 0 aliphatic heterocycles. The van der Waals surface area contributed by atoms with Crippen LogP contribution in [0.1, 0.15) is 11.8 Å². The topological polar surface area (TPSA) is 56.7 Å². The first-order valence-corrected chi connectivity index (χ1v) is 8.38. The predicted octanol–water partition coefficient (Wildman–Crippen LogP) is 4.37. The Hall–Kier alpha value is -2.05. The molecule has 2 heterocycles. The Labute approximate surface area is 143 Å². The number of allylic oxidation sites excluding steroid dienone is 1. The standard InChI is InChI=1S/C16H15ClN4OS/c1-3-8-21-14(12-4-6-13(17)7-5-12)9-18-16(21)23-10-15-20-19-11(2)22-15/h3-7,9H,1,8,10H2,2H3. The molecule has 7 heteroatoms. The molecular formula is C16H15ClN4OS. The molecule has 0 N–H and O–H groups in total. The van der Waals surface area contributed by atoms with Gasteiger partial charge in [-0.05, 0) is 17.7 Å². The predicted molar refractivity (Wildman–Crippen MR) is 91.5 cm³/mol. The molecule has 118 valence electrons. The first-order chi connectivity index (χ1) is 11.2. The van der Waals surface area contributed by atoms with E-state index in [2.05, 4.69) is 26.3 Å². The second-order valence-corrected chi connectivity index (χ2v) is 6.21. The molecule has 5 nitrogen and oxygen atoms in total. The van der Waals surface area contributed by atoms with E-state index in [0.29, 0.717) is 29.1 Å². The number of hydrogen-bond acceptors (Lipinski definition) is 5. The quantitative estimate of drug-likeness (QED) is 0.490. The minimum atomic E-state index is 0.567. The number of imidazole rings is 1. The Kier molecular flexibility index (Phi) is 4.83. The van der Waals surface area contributed by atoms with Gasteiger partial charge in [-0.2, -0.15) is 0 Å². The fraction of sp³-hybridized carbons (Fsp3) is 0.188. The van der Waals surface area contributed by atoms with Gasteiger partial charge < -0.3 is 8.98 Å².